The van der Waals surface area contributed by atoms with Gasteiger partial charge in [-0.25, -0.2) is 5.43 Å². The fourth-order valence-electron chi connectivity index (χ4n) is 2.58. The highest BCUT2D eigenvalue weighted by molar-refractivity contribution is 5.86. The molecule has 0 aromatic heterocycles. The van der Waals surface area contributed by atoms with Crippen LogP contribution in [-0.2, 0) is 11.4 Å². The highest BCUT2D eigenvalue weighted by atomic mass is 16.5. The van der Waals surface area contributed by atoms with E-state index in [4.69, 9.17) is 10.00 Å². The Morgan fingerprint density at radius 2 is 1.85 bits per heavy atom. The molecule has 0 heterocycles. The van der Waals surface area contributed by atoms with Gasteiger partial charge in [-0.3, -0.25) is 4.79 Å². The van der Waals surface area contributed by atoms with Crippen molar-refractivity contribution in [3.63, 3.8) is 0 Å². The van der Waals surface area contributed by atoms with Crippen molar-refractivity contribution in [2.24, 2.45) is 5.10 Å². The molecule has 0 fully saturated rings. The Morgan fingerprint density at radius 3 is 2.73 bits per heavy atom. The summed E-state index contributed by atoms with van der Waals surface area (Å²) in [5, 5.41) is 14.7. The van der Waals surface area contributed by atoms with E-state index in [1.165, 1.54) is 11.6 Å². The Morgan fingerprint density at radius 1 is 1.08 bits per heavy atom. The van der Waals surface area contributed by atoms with Crippen LogP contribution in [0.15, 0.2) is 71.8 Å². The zero-order valence-corrected chi connectivity index (χ0v) is 14.1. The van der Waals surface area contributed by atoms with Crippen LogP contribution in [0.1, 0.15) is 17.5 Å². The predicted molar refractivity (Wildman–Crippen MR) is 101 cm³/mol. The molecule has 0 aliphatic carbocycles. The molecule has 0 atom stereocenters. The molecule has 0 radical (unpaired) electrons. The molecule has 0 bridgehead atoms. The average molecular weight is 343 g/mol. The standard InChI is InChI=1S/C21H17N3O2/c22-13-12-21(25)24-23-14-17-7-2-4-11-20(17)26-15-18-9-5-8-16-6-1-3-10-19(16)18/h1-11,14H,12,15H2,(H,24,25)/b23-14+. The Hall–Kier alpha value is -3.65. The van der Waals surface area contributed by atoms with E-state index in [2.05, 4.69) is 28.7 Å². The van der Waals surface area contributed by atoms with Gasteiger partial charge in [-0.05, 0) is 28.5 Å². The summed E-state index contributed by atoms with van der Waals surface area (Å²) < 4.78 is 5.98. The molecule has 5 nitrogen and oxygen atoms in total. The number of fused-ring (bicyclic) bond motifs is 1. The number of hydrazone groups is 1. The minimum atomic E-state index is -0.446. The van der Waals surface area contributed by atoms with Crippen molar-refractivity contribution in [2.75, 3.05) is 0 Å². The second-order valence-corrected chi connectivity index (χ2v) is 5.59. The number of nitrogens with one attached hydrogen (secondary N) is 1. The number of nitrogens with zero attached hydrogens (tertiary/aromatic N) is 2. The van der Waals surface area contributed by atoms with Crippen LogP contribution in [0.3, 0.4) is 0 Å². The number of nitriles is 1. The van der Waals surface area contributed by atoms with E-state index in [0.29, 0.717) is 12.4 Å². The summed E-state index contributed by atoms with van der Waals surface area (Å²) >= 11 is 0. The smallest absolute Gasteiger partial charge is 0.254 e. The van der Waals surface area contributed by atoms with Gasteiger partial charge in [0.25, 0.3) is 5.91 Å². The third-order valence-corrected chi connectivity index (χ3v) is 3.81. The quantitative estimate of drug-likeness (QED) is 0.547. The molecule has 3 aromatic rings. The van der Waals surface area contributed by atoms with Crippen LogP contribution in [0.4, 0.5) is 0 Å². The summed E-state index contributed by atoms with van der Waals surface area (Å²) in [5.74, 6) is 0.219. The van der Waals surface area contributed by atoms with Crippen LogP contribution in [0.2, 0.25) is 0 Å². The van der Waals surface area contributed by atoms with Gasteiger partial charge >= 0.3 is 0 Å². The normalized spacial score (nSPS) is 10.6. The number of hydrogen-bond donors (Lipinski definition) is 1. The second-order valence-electron chi connectivity index (χ2n) is 5.59. The van der Waals surface area contributed by atoms with Gasteiger partial charge in [0.1, 0.15) is 18.8 Å². The van der Waals surface area contributed by atoms with Gasteiger partial charge in [0.2, 0.25) is 0 Å². The summed E-state index contributed by atoms with van der Waals surface area (Å²) in [6, 6.07) is 23.5. The van der Waals surface area contributed by atoms with Crippen molar-refractivity contribution in [1.82, 2.24) is 5.43 Å². The number of rotatable bonds is 6. The first kappa shape index (κ1) is 17.2. The number of carbonyl (C=O) groups excluding carboxylic acids is 1. The molecule has 1 N–H and O–H groups in total. The van der Waals surface area contributed by atoms with Crippen molar-refractivity contribution >= 4 is 22.9 Å². The van der Waals surface area contributed by atoms with E-state index in [-0.39, 0.29) is 6.42 Å². The van der Waals surface area contributed by atoms with Crippen LogP contribution in [0.25, 0.3) is 10.8 Å². The van der Waals surface area contributed by atoms with Crippen molar-refractivity contribution in [2.45, 2.75) is 13.0 Å². The fraction of sp³-hybridized carbons (Fsp3) is 0.0952. The molecular weight excluding hydrogens is 326 g/mol. The molecule has 3 rings (SSSR count). The number of benzene rings is 3. The number of ether oxygens (including phenoxy) is 1. The van der Waals surface area contributed by atoms with E-state index in [9.17, 15) is 4.79 Å². The van der Waals surface area contributed by atoms with Gasteiger partial charge in [0.05, 0.1) is 12.3 Å². The summed E-state index contributed by atoms with van der Waals surface area (Å²) in [7, 11) is 0. The lowest BCUT2D eigenvalue weighted by molar-refractivity contribution is -0.120. The maximum Gasteiger partial charge on any atom is 0.254 e. The molecule has 0 unspecified atom stereocenters. The number of amides is 1. The number of carbonyl (C=O) groups is 1. The first-order valence-corrected chi connectivity index (χ1v) is 8.15. The minimum Gasteiger partial charge on any atom is -0.488 e. The van der Waals surface area contributed by atoms with Crippen molar-refractivity contribution < 1.29 is 9.53 Å². The lowest BCUT2D eigenvalue weighted by atomic mass is 10.1. The minimum absolute atomic E-state index is 0.226. The van der Waals surface area contributed by atoms with E-state index < -0.39 is 5.91 Å². The Kier molecular flexibility index (Phi) is 5.58. The molecular formula is C21H17N3O2. The van der Waals surface area contributed by atoms with Gasteiger partial charge in [-0.15, -0.1) is 0 Å². The molecule has 0 aliphatic heterocycles. The molecule has 26 heavy (non-hydrogen) atoms. The third-order valence-electron chi connectivity index (χ3n) is 3.81. The lowest BCUT2D eigenvalue weighted by Gasteiger charge is -2.11. The zero-order valence-electron chi connectivity index (χ0n) is 14.1. The van der Waals surface area contributed by atoms with Crippen LogP contribution >= 0.6 is 0 Å². The first-order valence-electron chi connectivity index (χ1n) is 8.15. The third kappa shape index (κ3) is 4.25. The molecule has 0 aliphatic rings. The summed E-state index contributed by atoms with van der Waals surface area (Å²) in [5.41, 5.74) is 4.15. The van der Waals surface area contributed by atoms with E-state index >= 15 is 0 Å². The van der Waals surface area contributed by atoms with Crippen molar-refractivity contribution in [3.8, 4) is 11.8 Å². The predicted octanol–water partition coefficient (Wildman–Crippen LogP) is 3.78. The molecule has 0 saturated heterocycles. The first-order chi connectivity index (χ1) is 12.8. The topological polar surface area (TPSA) is 74.5 Å². The van der Waals surface area contributed by atoms with Crippen LogP contribution < -0.4 is 10.2 Å². The monoisotopic (exact) mass is 343 g/mol. The fourth-order valence-corrected chi connectivity index (χ4v) is 2.58. The Balaban J connectivity index is 1.73. The van der Waals surface area contributed by atoms with Gasteiger partial charge in [0, 0.05) is 5.56 Å². The SMILES string of the molecule is N#CCC(=O)N/N=C/c1ccccc1OCc1cccc2ccccc12. The molecule has 1 amide bonds. The highest BCUT2D eigenvalue weighted by Gasteiger charge is 2.05. The van der Waals surface area contributed by atoms with E-state index in [1.807, 2.05) is 48.5 Å². The van der Waals surface area contributed by atoms with Gasteiger partial charge in [-0.1, -0.05) is 54.6 Å². The summed E-state index contributed by atoms with van der Waals surface area (Å²) in [6.07, 6.45) is 1.28. The van der Waals surface area contributed by atoms with Crippen LogP contribution in [-0.4, -0.2) is 12.1 Å². The second kappa shape index (κ2) is 8.45. The van der Waals surface area contributed by atoms with Crippen molar-refractivity contribution in [3.05, 3.63) is 77.9 Å². The van der Waals surface area contributed by atoms with Crippen molar-refractivity contribution in [1.29, 1.82) is 5.26 Å². The molecule has 0 spiro atoms. The largest absolute Gasteiger partial charge is 0.488 e. The average Bonchev–Trinajstić information content (AvgIpc) is 2.67. The highest BCUT2D eigenvalue weighted by Crippen LogP contribution is 2.22. The zero-order chi connectivity index (χ0) is 18.2. The maximum absolute atomic E-state index is 11.3. The summed E-state index contributed by atoms with van der Waals surface area (Å²) in [6.45, 7) is 0.424. The van der Waals surface area contributed by atoms with E-state index in [0.717, 1.165) is 16.5 Å². The summed E-state index contributed by atoms with van der Waals surface area (Å²) in [4.78, 5) is 11.3. The molecule has 3 aromatic carbocycles. The maximum atomic E-state index is 11.3. The molecule has 0 saturated carbocycles. The van der Waals surface area contributed by atoms with E-state index in [1.54, 1.807) is 6.07 Å². The lowest BCUT2D eigenvalue weighted by Crippen LogP contribution is -2.16. The molecule has 128 valence electrons. The van der Waals surface area contributed by atoms with Crippen LogP contribution in [0.5, 0.6) is 5.75 Å². The van der Waals surface area contributed by atoms with Gasteiger partial charge in [-0.2, -0.15) is 10.4 Å². The Labute approximate surface area is 151 Å². The number of para-hydroxylation sites is 1. The molecule has 5 heteroatoms. The Bertz CT molecular complexity index is 984. The van der Waals surface area contributed by atoms with Gasteiger partial charge in [0.15, 0.2) is 0 Å². The van der Waals surface area contributed by atoms with Gasteiger partial charge < -0.3 is 4.74 Å². The number of hydrogen-bond acceptors (Lipinski definition) is 4. The van der Waals surface area contributed by atoms with Crippen LogP contribution in [0, 0.1) is 11.3 Å².